The summed E-state index contributed by atoms with van der Waals surface area (Å²) < 4.78 is 0. The summed E-state index contributed by atoms with van der Waals surface area (Å²) in [4.78, 5) is 18.7. The molecule has 1 aliphatic heterocycles. The van der Waals surface area contributed by atoms with Gasteiger partial charge in [-0.2, -0.15) is 0 Å². The van der Waals surface area contributed by atoms with Crippen LogP contribution in [0.1, 0.15) is 5.56 Å². The zero-order valence-corrected chi connectivity index (χ0v) is 13.5. The molecular formula is C17H19ClN4O. The van der Waals surface area contributed by atoms with Crippen LogP contribution in [-0.4, -0.2) is 37.1 Å². The van der Waals surface area contributed by atoms with Crippen LogP contribution in [0.4, 0.5) is 11.5 Å². The standard InChI is InChI=1S/C17H19ClN4O/c18-14-3-1-2-13(10-14)11-17(23)21-16-5-4-15(12-20-16)22-8-6-19-7-9-22/h1-5,10,12,19H,6-9,11H2,(H,20,21,23). The second kappa shape index (κ2) is 7.44. The Morgan fingerprint density at radius 3 is 2.78 bits per heavy atom. The third kappa shape index (κ3) is 4.43. The van der Waals surface area contributed by atoms with Crippen molar-refractivity contribution in [2.75, 3.05) is 36.4 Å². The monoisotopic (exact) mass is 330 g/mol. The SMILES string of the molecule is O=C(Cc1cccc(Cl)c1)Nc1ccc(N2CCNCC2)cn1. The zero-order valence-electron chi connectivity index (χ0n) is 12.8. The van der Waals surface area contributed by atoms with Crippen LogP contribution in [0, 0.1) is 0 Å². The van der Waals surface area contributed by atoms with Crippen molar-refractivity contribution < 1.29 is 4.79 Å². The summed E-state index contributed by atoms with van der Waals surface area (Å²) in [5.41, 5.74) is 1.96. The van der Waals surface area contributed by atoms with E-state index in [0.717, 1.165) is 37.4 Å². The normalized spacial score (nSPS) is 14.6. The molecule has 2 N–H and O–H groups in total. The Balaban J connectivity index is 1.58. The topological polar surface area (TPSA) is 57.3 Å². The Hall–Kier alpha value is -2.11. The van der Waals surface area contributed by atoms with Crippen LogP contribution in [0.25, 0.3) is 0 Å². The van der Waals surface area contributed by atoms with Crippen LogP contribution < -0.4 is 15.5 Å². The molecule has 0 unspecified atom stereocenters. The number of piperazine rings is 1. The third-order valence-electron chi connectivity index (χ3n) is 3.75. The second-order valence-corrected chi connectivity index (χ2v) is 5.93. The van der Waals surface area contributed by atoms with E-state index in [2.05, 4.69) is 20.5 Å². The number of aromatic nitrogens is 1. The van der Waals surface area contributed by atoms with E-state index >= 15 is 0 Å². The molecule has 0 atom stereocenters. The van der Waals surface area contributed by atoms with Crippen LogP contribution in [0.5, 0.6) is 0 Å². The van der Waals surface area contributed by atoms with Gasteiger partial charge in [-0.3, -0.25) is 4.79 Å². The van der Waals surface area contributed by atoms with Gasteiger partial charge in [-0.15, -0.1) is 0 Å². The highest BCUT2D eigenvalue weighted by Gasteiger charge is 2.11. The molecule has 0 spiro atoms. The number of amides is 1. The number of benzene rings is 1. The highest BCUT2D eigenvalue weighted by Crippen LogP contribution is 2.16. The van der Waals surface area contributed by atoms with E-state index in [1.165, 1.54) is 0 Å². The molecule has 0 aliphatic carbocycles. The van der Waals surface area contributed by atoms with Gasteiger partial charge in [0.1, 0.15) is 5.82 Å². The van der Waals surface area contributed by atoms with Gasteiger partial charge in [0.25, 0.3) is 0 Å². The molecule has 0 bridgehead atoms. The first-order chi connectivity index (χ1) is 11.2. The maximum atomic E-state index is 12.1. The Kier molecular flexibility index (Phi) is 5.10. The van der Waals surface area contributed by atoms with E-state index in [-0.39, 0.29) is 12.3 Å². The maximum Gasteiger partial charge on any atom is 0.229 e. The Labute approximate surface area is 140 Å². The van der Waals surface area contributed by atoms with E-state index in [1.807, 2.05) is 24.3 Å². The first-order valence-electron chi connectivity index (χ1n) is 7.67. The van der Waals surface area contributed by atoms with Crippen molar-refractivity contribution in [3.63, 3.8) is 0 Å². The number of halogens is 1. The fourth-order valence-electron chi connectivity index (χ4n) is 2.59. The summed E-state index contributed by atoms with van der Waals surface area (Å²) in [6.45, 7) is 3.92. The van der Waals surface area contributed by atoms with Crippen molar-refractivity contribution in [1.29, 1.82) is 0 Å². The molecule has 2 heterocycles. The van der Waals surface area contributed by atoms with Gasteiger partial charge in [0.2, 0.25) is 5.91 Å². The smallest absolute Gasteiger partial charge is 0.229 e. The van der Waals surface area contributed by atoms with Gasteiger partial charge in [-0.1, -0.05) is 23.7 Å². The van der Waals surface area contributed by atoms with Gasteiger partial charge in [0.05, 0.1) is 18.3 Å². The summed E-state index contributed by atoms with van der Waals surface area (Å²) in [5.74, 6) is 0.464. The van der Waals surface area contributed by atoms with Crippen LogP contribution >= 0.6 is 11.6 Å². The predicted octanol–water partition coefficient (Wildman–Crippen LogP) is 2.33. The Morgan fingerprint density at radius 2 is 2.09 bits per heavy atom. The minimum atomic E-state index is -0.102. The number of hydrogen-bond donors (Lipinski definition) is 2. The molecule has 6 heteroatoms. The van der Waals surface area contributed by atoms with Crippen molar-refractivity contribution >= 4 is 29.0 Å². The summed E-state index contributed by atoms with van der Waals surface area (Å²) in [6, 6.07) is 11.1. The average Bonchev–Trinajstić information content (AvgIpc) is 2.56. The molecule has 1 aliphatic rings. The van der Waals surface area contributed by atoms with Crippen LogP contribution in [0.15, 0.2) is 42.6 Å². The van der Waals surface area contributed by atoms with E-state index in [1.54, 1.807) is 18.3 Å². The highest BCUT2D eigenvalue weighted by atomic mass is 35.5. The molecule has 23 heavy (non-hydrogen) atoms. The number of anilines is 2. The van der Waals surface area contributed by atoms with Crippen molar-refractivity contribution in [3.05, 3.63) is 53.2 Å². The van der Waals surface area contributed by atoms with Crippen LogP contribution in [-0.2, 0) is 11.2 Å². The van der Waals surface area contributed by atoms with Gasteiger partial charge >= 0.3 is 0 Å². The van der Waals surface area contributed by atoms with Gasteiger partial charge in [0.15, 0.2) is 0 Å². The zero-order chi connectivity index (χ0) is 16.1. The second-order valence-electron chi connectivity index (χ2n) is 5.49. The average molecular weight is 331 g/mol. The number of carbonyl (C=O) groups is 1. The van der Waals surface area contributed by atoms with Crippen LogP contribution in [0.2, 0.25) is 5.02 Å². The van der Waals surface area contributed by atoms with Gasteiger partial charge in [-0.25, -0.2) is 4.98 Å². The Morgan fingerprint density at radius 1 is 1.26 bits per heavy atom. The molecule has 2 aromatic rings. The third-order valence-corrected chi connectivity index (χ3v) is 3.99. The van der Waals surface area contributed by atoms with Crippen LogP contribution in [0.3, 0.4) is 0 Å². The number of hydrogen-bond acceptors (Lipinski definition) is 4. The van der Waals surface area contributed by atoms with Crippen molar-refractivity contribution in [2.24, 2.45) is 0 Å². The van der Waals surface area contributed by atoms with Gasteiger partial charge in [0, 0.05) is 31.2 Å². The number of pyridine rings is 1. The van der Waals surface area contributed by atoms with E-state index < -0.39 is 0 Å². The fraction of sp³-hybridized carbons (Fsp3) is 0.294. The highest BCUT2D eigenvalue weighted by molar-refractivity contribution is 6.30. The summed E-state index contributed by atoms with van der Waals surface area (Å²) >= 11 is 5.93. The molecule has 1 fully saturated rings. The quantitative estimate of drug-likeness (QED) is 0.903. The molecule has 0 radical (unpaired) electrons. The molecule has 5 nitrogen and oxygen atoms in total. The summed E-state index contributed by atoms with van der Waals surface area (Å²) in [7, 11) is 0. The molecular weight excluding hydrogens is 312 g/mol. The molecule has 0 saturated carbocycles. The molecule has 120 valence electrons. The number of nitrogens with one attached hydrogen (secondary N) is 2. The molecule has 1 aromatic heterocycles. The fourth-order valence-corrected chi connectivity index (χ4v) is 2.80. The predicted molar refractivity (Wildman–Crippen MR) is 93.1 cm³/mol. The van der Waals surface area contributed by atoms with E-state index in [4.69, 9.17) is 11.6 Å². The number of rotatable bonds is 4. The Bertz CT molecular complexity index is 669. The largest absolute Gasteiger partial charge is 0.368 e. The lowest BCUT2D eigenvalue weighted by atomic mass is 10.1. The van der Waals surface area contributed by atoms with Gasteiger partial charge in [-0.05, 0) is 29.8 Å². The summed E-state index contributed by atoms with van der Waals surface area (Å²) in [5, 5.41) is 6.77. The number of carbonyl (C=O) groups excluding carboxylic acids is 1. The maximum absolute atomic E-state index is 12.1. The first-order valence-corrected chi connectivity index (χ1v) is 8.04. The van der Waals surface area contributed by atoms with Gasteiger partial charge < -0.3 is 15.5 Å². The number of nitrogens with zero attached hydrogens (tertiary/aromatic N) is 2. The lowest BCUT2D eigenvalue weighted by molar-refractivity contribution is -0.115. The minimum Gasteiger partial charge on any atom is -0.368 e. The lowest BCUT2D eigenvalue weighted by Gasteiger charge is -2.29. The van der Waals surface area contributed by atoms with Crippen molar-refractivity contribution in [1.82, 2.24) is 10.3 Å². The molecule has 1 aromatic carbocycles. The molecule has 3 rings (SSSR count). The summed E-state index contributed by atoms with van der Waals surface area (Å²) in [6.07, 6.45) is 2.09. The van der Waals surface area contributed by atoms with Crippen molar-refractivity contribution in [2.45, 2.75) is 6.42 Å². The molecule has 1 saturated heterocycles. The molecule has 1 amide bonds. The first kappa shape index (κ1) is 15.8. The van der Waals surface area contributed by atoms with Crippen molar-refractivity contribution in [3.8, 4) is 0 Å². The lowest BCUT2D eigenvalue weighted by Crippen LogP contribution is -2.43. The minimum absolute atomic E-state index is 0.102. The van der Waals surface area contributed by atoms with E-state index in [0.29, 0.717) is 10.8 Å². The van der Waals surface area contributed by atoms with E-state index in [9.17, 15) is 4.79 Å².